The van der Waals surface area contributed by atoms with Crippen LogP contribution >= 0.6 is 11.3 Å². The topological polar surface area (TPSA) is 12.0 Å². The summed E-state index contributed by atoms with van der Waals surface area (Å²) in [5, 5.41) is 4.13. The fourth-order valence-electron chi connectivity index (χ4n) is 2.05. The fraction of sp³-hybridized carbons (Fsp3) is 0.385. The molecule has 0 aliphatic carbocycles. The van der Waals surface area contributed by atoms with Gasteiger partial charge in [0.05, 0.1) is 0 Å². The number of thiophene rings is 1. The first-order valence-electron chi connectivity index (χ1n) is 5.66. The van der Waals surface area contributed by atoms with E-state index in [0.29, 0.717) is 0 Å². The first kappa shape index (κ1) is 12.5. The number of hydrogen-bond acceptors (Lipinski definition) is 2. The lowest BCUT2D eigenvalue weighted by Crippen LogP contribution is -2.17. The van der Waals surface area contributed by atoms with Crippen LogP contribution in [0.4, 0.5) is 8.78 Å². The van der Waals surface area contributed by atoms with E-state index in [-0.39, 0.29) is 6.04 Å². The van der Waals surface area contributed by atoms with Crippen LogP contribution in [0.25, 0.3) is 10.1 Å². The molecule has 1 heterocycles. The Hall–Kier alpha value is -1.00. The molecule has 1 aromatic heterocycles. The van der Waals surface area contributed by atoms with E-state index < -0.39 is 11.6 Å². The molecule has 0 radical (unpaired) electrons. The maximum Gasteiger partial charge on any atom is 0.160 e. The molecule has 92 valence electrons. The molecule has 0 saturated carbocycles. The molecule has 1 nitrogen and oxygen atoms in total. The van der Waals surface area contributed by atoms with Crippen molar-refractivity contribution < 1.29 is 8.78 Å². The summed E-state index contributed by atoms with van der Waals surface area (Å²) in [5.74, 6) is -1.55. The summed E-state index contributed by atoms with van der Waals surface area (Å²) in [6.07, 6.45) is 0. The molecule has 0 amide bonds. The van der Waals surface area contributed by atoms with Crippen molar-refractivity contribution in [1.82, 2.24) is 5.32 Å². The van der Waals surface area contributed by atoms with Crippen LogP contribution < -0.4 is 5.32 Å². The second kappa shape index (κ2) is 4.70. The van der Waals surface area contributed by atoms with Crippen molar-refractivity contribution >= 4 is 21.4 Å². The summed E-state index contributed by atoms with van der Waals surface area (Å²) < 4.78 is 27.2. The van der Waals surface area contributed by atoms with Crippen molar-refractivity contribution in [2.75, 3.05) is 6.54 Å². The van der Waals surface area contributed by atoms with E-state index in [2.05, 4.69) is 12.2 Å². The van der Waals surface area contributed by atoms with Gasteiger partial charge in [0.15, 0.2) is 11.6 Å². The van der Waals surface area contributed by atoms with Crippen molar-refractivity contribution in [3.05, 3.63) is 34.2 Å². The molecule has 1 N–H and O–H groups in total. The third-order valence-corrected chi connectivity index (χ3v) is 4.36. The molecule has 0 fully saturated rings. The first-order chi connectivity index (χ1) is 8.04. The molecule has 17 heavy (non-hydrogen) atoms. The molecule has 1 atom stereocenters. The van der Waals surface area contributed by atoms with Gasteiger partial charge >= 0.3 is 0 Å². The fourth-order valence-corrected chi connectivity index (χ4v) is 3.29. The van der Waals surface area contributed by atoms with Gasteiger partial charge in [0.1, 0.15) is 0 Å². The van der Waals surface area contributed by atoms with E-state index in [1.807, 2.05) is 13.8 Å². The summed E-state index contributed by atoms with van der Waals surface area (Å²) in [6, 6.07) is 2.78. The molecule has 2 rings (SSSR count). The van der Waals surface area contributed by atoms with Crippen LogP contribution in [0.3, 0.4) is 0 Å². The lowest BCUT2D eigenvalue weighted by atomic mass is 10.1. The van der Waals surface area contributed by atoms with Gasteiger partial charge in [-0.3, -0.25) is 0 Å². The van der Waals surface area contributed by atoms with E-state index in [1.54, 1.807) is 0 Å². The number of hydrogen-bond donors (Lipinski definition) is 1. The van der Waals surface area contributed by atoms with E-state index in [9.17, 15) is 8.78 Å². The van der Waals surface area contributed by atoms with Crippen molar-refractivity contribution in [2.45, 2.75) is 26.8 Å². The Labute approximate surface area is 103 Å². The number of nitrogens with one attached hydrogen (secondary N) is 1. The number of fused-ring (bicyclic) bond motifs is 1. The van der Waals surface area contributed by atoms with Gasteiger partial charge in [-0.05, 0) is 43.5 Å². The van der Waals surface area contributed by atoms with Crippen molar-refractivity contribution in [2.24, 2.45) is 0 Å². The van der Waals surface area contributed by atoms with Crippen LogP contribution in [0, 0.1) is 18.6 Å². The molecule has 0 spiro atoms. The number of halogens is 2. The standard InChI is InChI=1S/C13H15F2NS/c1-4-16-8(3)13-7(2)9-5-10(14)11(15)6-12(9)17-13/h5-6,8,16H,4H2,1-3H3. The summed E-state index contributed by atoms with van der Waals surface area (Å²) >= 11 is 1.53. The minimum absolute atomic E-state index is 0.212. The van der Waals surface area contributed by atoms with Gasteiger partial charge in [0, 0.05) is 15.6 Å². The quantitative estimate of drug-likeness (QED) is 0.868. The summed E-state index contributed by atoms with van der Waals surface area (Å²) in [7, 11) is 0. The van der Waals surface area contributed by atoms with E-state index >= 15 is 0 Å². The number of benzene rings is 1. The lowest BCUT2D eigenvalue weighted by molar-refractivity contribution is 0.511. The van der Waals surface area contributed by atoms with Crippen LogP contribution in [0.5, 0.6) is 0 Å². The molecule has 0 aliphatic rings. The molecule has 0 aliphatic heterocycles. The number of aryl methyl sites for hydroxylation is 1. The van der Waals surface area contributed by atoms with Crippen LogP contribution in [0.15, 0.2) is 12.1 Å². The maximum atomic E-state index is 13.2. The Morgan fingerprint density at radius 2 is 1.94 bits per heavy atom. The largest absolute Gasteiger partial charge is 0.310 e. The monoisotopic (exact) mass is 255 g/mol. The Balaban J connectivity index is 2.56. The molecular formula is C13H15F2NS. The van der Waals surface area contributed by atoms with Crippen molar-refractivity contribution in [3.63, 3.8) is 0 Å². The average Bonchev–Trinajstić information content (AvgIpc) is 2.58. The highest BCUT2D eigenvalue weighted by Gasteiger charge is 2.15. The minimum Gasteiger partial charge on any atom is -0.310 e. The van der Waals surface area contributed by atoms with Crippen LogP contribution in [0.1, 0.15) is 30.3 Å². The highest BCUT2D eigenvalue weighted by molar-refractivity contribution is 7.19. The van der Waals surface area contributed by atoms with Crippen LogP contribution in [0.2, 0.25) is 0 Å². The van der Waals surface area contributed by atoms with Crippen molar-refractivity contribution in [3.8, 4) is 0 Å². The van der Waals surface area contributed by atoms with Gasteiger partial charge < -0.3 is 5.32 Å². The minimum atomic E-state index is -0.777. The summed E-state index contributed by atoms with van der Waals surface area (Å²) in [5.41, 5.74) is 1.04. The second-order valence-electron chi connectivity index (χ2n) is 4.13. The van der Waals surface area contributed by atoms with Crippen LogP contribution in [-0.2, 0) is 0 Å². The molecule has 0 bridgehead atoms. The third kappa shape index (κ3) is 2.19. The Bertz CT molecular complexity index is 548. The lowest BCUT2D eigenvalue weighted by Gasteiger charge is -2.11. The summed E-state index contributed by atoms with van der Waals surface area (Å²) in [6.45, 7) is 6.93. The maximum absolute atomic E-state index is 13.2. The second-order valence-corrected chi connectivity index (χ2v) is 5.22. The Morgan fingerprint density at radius 3 is 2.59 bits per heavy atom. The van der Waals surface area contributed by atoms with Gasteiger partial charge in [-0.15, -0.1) is 11.3 Å². The van der Waals surface area contributed by atoms with Crippen LogP contribution in [-0.4, -0.2) is 6.54 Å². The van der Waals surface area contributed by atoms with E-state index in [4.69, 9.17) is 0 Å². The molecular weight excluding hydrogens is 240 g/mol. The SMILES string of the molecule is CCNC(C)c1sc2cc(F)c(F)cc2c1C. The van der Waals surface area contributed by atoms with E-state index in [1.165, 1.54) is 23.5 Å². The van der Waals surface area contributed by atoms with Gasteiger partial charge in [0.25, 0.3) is 0 Å². The Morgan fingerprint density at radius 1 is 1.29 bits per heavy atom. The zero-order valence-corrected chi connectivity index (χ0v) is 10.9. The molecule has 1 unspecified atom stereocenters. The third-order valence-electron chi connectivity index (χ3n) is 2.92. The van der Waals surface area contributed by atoms with Gasteiger partial charge in [-0.25, -0.2) is 8.78 Å². The molecule has 2 aromatic rings. The predicted molar refractivity (Wildman–Crippen MR) is 68.6 cm³/mol. The highest BCUT2D eigenvalue weighted by Crippen LogP contribution is 2.35. The smallest absolute Gasteiger partial charge is 0.160 e. The number of rotatable bonds is 3. The van der Waals surface area contributed by atoms with E-state index in [0.717, 1.165) is 27.1 Å². The molecule has 4 heteroatoms. The summed E-state index contributed by atoms with van der Waals surface area (Å²) in [4.78, 5) is 1.15. The predicted octanol–water partition coefficient (Wildman–Crippen LogP) is 4.16. The van der Waals surface area contributed by atoms with Gasteiger partial charge in [0.2, 0.25) is 0 Å². The van der Waals surface area contributed by atoms with Gasteiger partial charge in [-0.2, -0.15) is 0 Å². The zero-order valence-electron chi connectivity index (χ0n) is 10.1. The first-order valence-corrected chi connectivity index (χ1v) is 6.47. The van der Waals surface area contributed by atoms with Gasteiger partial charge in [-0.1, -0.05) is 6.92 Å². The van der Waals surface area contributed by atoms with Crippen molar-refractivity contribution in [1.29, 1.82) is 0 Å². The molecule has 0 saturated heterocycles. The molecule has 1 aromatic carbocycles. The normalized spacial score (nSPS) is 13.2. The highest BCUT2D eigenvalue weighted by atomic mass is 32.1. The zero-order chi connectivity index (χ0) is 12.6. The average molecular weight is 255 g/mol. The Kier molecular flexibility index (Phi) is 3.45.